The molecule has 0 bridgehead atoms. The van der Waals surface area contributed by atoms with E-state index in [0.29, 0.717) is 11.6 Å². The summed E-state index contributed by atoms with van der Waals surface area (Å²) in [6, 6.07) is 0. The highest BCUT2D eigenvalue weighted by atomic mass is 16.3. The standard InChI is InChI=1S/C11H17N5O/c1-7-13-9(15-11(2,3)6-17)8-5-12-16(4)10(8)14-7/h5,17H,6H2,1-4H3,(H,13,14,15). The van der Waals surface area contributed by atoms with E-state index in [-0.39, 0.29) is 6.61 Å². The van der Waals surface area contributed by atoms with Crippen LogP contribution in [0.2, 0.25) is 0 Å². The van der Waals surface area contributed by atoms with Gasteiger partial charge in [-0.2, -0.15) is 5.10 Å². The van der Waals surface area contributed by atoms with E-state index in [1.54, 1.807) is 10.9 Å². The predicted octanol–water partition coefficient (Wildman–Crippen LogP) is 0.855. The van der Waals surface area contributed by atoms with Gasteiger partial charge in [0, 0.05) is 7.05 Å². The summed E-state index contributed by atoms with van der Waals surface area (Å²) in [5.74, 6) is 1.39. The molecule has 0 aliphatic rings. The molecule has 2 heterocycles. The highest BCUT2D eigenvalue weighted by molar-refractivity contribution is 5.86. The molecule has 0 radical (unpaired) electrons. The maximum Gasteiger partial charge on any atom is 0.163 e. The van der Waals surface area contributed by atoms with Gasteiger partial charge in [0.2, 0.25) is 0 Å². The highest BCUT2D eigenvalue weighted by Gasteiger charge is 2.19. The number of aliphatic hydroxyl groups excluding tert-OH is 1. The molecule has 0 saturated heterocycles. The Labute approximate surface area is 99.7 Å². The summed E-state index contributed by atoms with van der Waals surface area (Å²) < 4.78 is 1.71. The Morgan fingerprint density at radius 1 is 1.41 bits per heavy atom. The van der Waals surface area contributed by atoms with Crippen LogP contribution in [0, 0.1) is 6.92 Å². The zero-order chi connectivity index (χ0) is 12.6. The molecule has 0 atom stereocenters. The summed E-state index contributed by atoms with van der Waals surface area (Å²) >= 11 is 0. The second kappa shape index (κ2) is 3.96. The molecule has 2 aromatic heterocycles. The third-order valence-electron chi connectivity index (χ3n) is 2.56. The minimum absolute atomic E-state index is 0.0256. The molecule has 0 saturated carbocycles. The van der Waals surface area contributed by atoms with Gasteiger partial charge in [-0.15, -0.1) is 0 Å². The largest absolute Gasteiger partial charge is 0.394 e. The molecule has 0 aromatic carbocycles. The molecule has 2 N–H and O–H groups in total. The Hall–Kier alpha value is -1.69. The average Bonchev–Trinajstić information content (AvgIpc) is 2.60. The highest BCUT2D eigenvalue weighted by Crippen LogP contribution is 2.22. The molecule has 92 valence electrons. The number of aliphatic hydroxyl groups is 1. The molecule has 0 spiro atoms. The van der Waals surface area contributed by atoms with Crippen molar-refractivity contribution >= 4 is 16.9 Å². The third kappa shape index (κ3) is 2.21. The number of nitrogens with one attached hydrogen (secondary N) is 1. The van der Waals surface area contributed by atoms with Gasteiger partial charge in [0.15, 0.2) is 5.65 Å². The number of aromatic nitrogens is 4. The summed E-state index contributed by atoms with van der Waals surface area (Å²) in [5, 5.41) is 17.5. The molecule has 17 heavy (non-hydrogen) atoms. The van der Waals surface area contributed by atoms with Crippen LogP contribution < -0.4 is 5.32 Å². The average molecular weight is 235 g/mol. The van der Waals surface area contributed by atoms with Gasteiger partial charge >= 0.3 is 0 Å². The zero-order valence-corrected chi connectivity index (χ0v) is 10.5. The van der Waals surface area contributed by atoms with Crippen molar-refractivity contribution in [2.24, 2.45) is 7.05 Å². The van der Waals surface area contributed by atoms with Gasteiger partial charge in [0.25, 0.3) is 0 Å². The van der Waals surface area contributed by atoms with Crippen LogP contribution in [0.15, 0.2) is 6.20 Å². The van der Waals surface area contributed by atoms with Crippen molar-refractivity contribution in [1.82, 2.24) is 19.7 Å². The normalized spacial score (nSPS) is 12.1. The fourth-order valence-corrected chi connectivity index (χ4v) is 1.59. The summed E-state index contributed by atoms with van der Waals surface area (Å²) in [6.07, 6.45) is 1.73. The van der Waals surface area contributed by atoms with E-state index in [1.807, 2.05) is 27.8 Å². The van der Waals surface area contributed by atoms with Crippen molar-refractivity contribution in [1.29, 1.82) is 0 Å². The lowest BCUT2D eigenvalue weighted by Crippen LogP contribution is -2.35. The number of nitrogens with zero attached hydrogens (tertiary/aromatic N) is 4. The first kappa shape index (κ1) is 11.8. The van der Waals surface area contributed by atoms with Crippen LogP contribution in [-0.2, 0) is 7.05 Å². The van der Waals surface area contributed by atoms with E-state index in [2.05, 4.69) is 20.4 Å². The molecule has 2 aromatic rings. The lowest BCUT2D eigenvalue weighted by molar-refractivity contribution is 0.234. The molecule has 6 heteroatoms. The molecule has 0 aliphatic carbocycles. The molecule has 0 aliphatic heterocycles. The van der Waals surface area contributed by atoms with Gasteiger partial charge in [-0.1, -0.05) is 0 Å². The van der Waals surface area contributed by atoms with E-state index >= 15 is 0 Å². The Bertz CT molecular complexity index is 546. The Balaban J connectivity index is 2.53. The predicted molar refractivity (Wildman–Crippen MR) is 65.8 cm³/mol. The number of anilines is 1. The fourth-order valence-electron chi connectivity index (χ4n) is 1.59. The van der Waals surface area contributed by atoms with Crippen LogP contribution >= 0.6 is 0 Å². The quantitative estimate of drug-likeness (QED) is 0.825. The summed E-state index contributed by atoms with van der Waals surface area (Å²) in [6.45, 7) is 5.68. The first-order chi connectivity index (χ1) is 7.93. The summed E-state index contributed by atoms with van der Waals surface area (Å²) in [5.41, 5.74) is 0.359. The minimum Gasteiger partial charge on any atom is -0.394 e. The fraction of sp³-hybridized carbons (Fsp3) is 0.545. The molecule has 0 amide bonds. The Kier molecular flexibility index (Phi) is 2.74. The first-order valence-corrected chi connectivity index (χ1v) is 5.48. The second-order valence-electron chi connectivity index (χ2n) is 4.79. The maximum atomic E-state index is 9.28. The molecular formula is C11H17N5O. The van der Waals surface area contributed by atoms with E-state index in [1.165, 1.54) is 0 Å². The summed E-state index contributed by atoms with van der Waals surface area (Å²) in [4.78, 5) is 8.70. The van der Waals surface area contributed by atoms with Gasteiger partial charge in [-0.3, -0.25) is 4.68 Å². The van der Waals surface area contributed by atoms with Crippen molar-refractivity contribution < 1.29 is 5.11 Å². The van der Waals surface area contributed by atoms with Gasteiger partial charge in [0.05, 0.1) is 23.7 Å². The van der Waals surface area contributed by atoms with Crippen molar-refractivity contribution in [3.05, 3.63) is 12.0 Å². The second-order valence-corrected chi connectivity index (χ2v) is 4.79. The Morgan fingerprint density at radius 2 is 2.12 bits per heavy atom. The number of hydrogen-bond acceptors (Lipinski definition) is 5. The van der Waals surface area contributed by atoms with E-state index in [9.17, 15) is 5.11 Å². The van der Waals surface area contributed by atoms with Crippen molar-refractivity contribution in [3.63, 3.8) is 0 Å². The van der Waals surface area contributed by atoms with Crippen molar-refractivity contribution in [2.75, 3.05) is 11.9 Å². The number of fused-ring (bicyclic) bond motifs is 1. The van der Waals surface area contributed by atoms with Gasteiger partial charge < -0.3 is 10.4 Å². The molecule has 0 fully saturated rings. The third-order valence-corrected chi connectivity index (χ3v) is 2.56. The smallest absolute Gasteiger partial charge is 0.163 e. The van der Waals surface area contributed by atoms with Gasteiger partial charge in [-0.25, -0.2) is 9.97 Å². The molecular weight excluding hydrogens is 218 g/mol. The number of hydrogen-bond donors (Lipinski definition) is 2. The number of aryl methyl sites for hydroxylation is 2. The zero-order valence-electron chi connectivity index (χ0n) is 10.5. The SMILES string of the molecule is Cc1nc(NC(C)(C)CO)c2cnn(C)c2n1. The minimum atomic E-state index is -0.427. The molecule has 6 nitrogen and oxygen atoms in total. The lowest BCUT2D eigenvalue weighted by Gasteiger charge is -2.24. The lowest BCUT2D eigenvalue weighted by atomic mass is 10.1. The van der Waals surface area contributed by atoms with Gasteiger partial charge in [0.1, 0.15) is 11.6 Å². The van der Waals surface area contributed by atoms with Crippen molar-refractivity contribution in [3.8, 4) is 0 Å². The monoisotopic (exact) mass is 235 g/mol. The van der Waals surface area contributed by atoms with E-state index < -0.39 is 5.54 Å². The topological polar surface area (TPSA) is 75.9 Å². The van der Waals surface area contributed by atoms with E-state index in [0.717, 1.165) is 11.0 Å². The van der Waals surface area contributed by atoms with Gasteiger partial charge in [-0.05, 0) is 20.8 Å². The van der Waals surface area contributed by atoms with Crippen molar-refractivity contribution in [2.45, 2.75) is 26.3 Å². The Morgan fingerprint density at radius 3 is 2.76 bits per heavy atom. The van der Waals surface area contributed by atoms with Crippen LogP contribution in [-0.4, -0.2) is 37.0 Å². The van der Waals surface area contributed by atoms with Crippen LogP contribution in [0.1, 0.15) is 19.7 Å². The summed E-state index contributed by atoms with van der Waals surface area (Å²) in [7, 11) is 1.84. The molecule has 0 unspecified atom stereocenters. The van der Waals surface area contributed by atoms with Crippen LogP contribution in [0.3, 0.4) is 0 Å². The molecule has 2 rings (SSSR count). The first-order valence-electron chi connectivity index (χ1n) is 5.48. The maximum absolute atomic E-state index is 9.28. The van der Waals surface area contributed by atoms with Crippen LogP contribution in [0.5, 0.6) is 0 Å². The van der Waals surface area contributed by atoms with Crippen LogP contribution in [0.25, 0.3) is 11.0 Å². The van der Waals surface area contributed by atoms with Crippen LogP contribution in [0.4, 0.5) is 5.82 Å². The number of rotatable bonds is 3. The van der Waals surface area contributed by atoms with E-state index in [4.69, 9.17) is 0 Å².